The van der Waals surface area contributed by atoms with E-state index in [1.54, 1.807) is 12.1 Å². The van der Waals surface area contributed by atoms with Crippen LogP contribution in [0, 0.1) is 5.92 Å². The van der Waals surface area contributed by atoms with Crippen LogP contribution in [0.5, 0.6) is 0 Å². The van der Waals surface area contributed by atoms with Crippen molar-refractivity contribution in [2.24, 2.45) is 5.92 Å². The molecule has 0 bridgehead atoms. The van der Waals surface area contributed by atoms with Gasteiger partial charge in [-0.25, -0.2) is 4.79 Å². The first-order chi connectivity index (χ1) is 8.00. The second-order valence-electron chi connectivity index (χ2n) is 5.31. The molecule has 0 amide bonds. The molecule has 0 saturated heterocycles. The molecule has 17 heavy (non-hydrogen) atoms. The Hall–Kier alpha value is -1.35. The molecule has 0 heterocycles. The van der Waals surface area contributed by atoms with Gasteiger partial charge in [-0.15, -0.1) is 0 Å². The Labute approximate surface area is 102 Å². The number of hydrogen-bond donors (Lipinski definition) is 2. The Balaban J connectivity index is 2.05. The van der Waals surface area contributed by atoms with Gasteiger partial charge in [-0.3, -0.25) is 0 Å². The zero-order valence-corrected chi connectivity index (χ0v) is 10.4. The average molecular weight is 233 g/mol. The highest BCUT2D eigenvalue weighted by Crippen LogP contribution is 2.39. The van der Waals surface area contributed by atoms with E-state index >= 15 is 0 Å². The largest absolute Gasteiger partial charge is 0.478 e. The molecule has 0 radical (unpaired) electrons. The number of carboxylic acids is 1. The van der Waals surface area contributed by atoms with Gasteiger partial charge in [0, 0.05) is 12.1 Å². The zero-order chi connectivity index (χ0) is 12.5. The molecule has 0 unspecified atom stereocenters. The third kappa shape index (κ3) is 2.86. The number of carboxylic acid groups (broad SMARTS) is 1. The molecule has 0 spiro atoms. The summed E-state index contributed by atoms with van der Waals surface area (Å²) in [6, 6.07) is 7.18. The molecule has 0 aliphatic heterocycles. The molecule has 1 aromatic rings. The lowest BCUT2D eigenvalue weighted by atomic mass is 9.97. The molecule has 3 nitrogen and oxygen atoms in total. The predicted molar refractivity (Wildman–Crippen MR) is 67.0 cm³/mol. The maximum absolute atomic E-state index is 11.1. The Morgan fingerprint density at radius 1 is 1.41 bits per heavy atom. The summed E-state index contributed by atoms with van der Waals surface area (Å²) < 4.78 is 0. The highest BCUT2D eigenvalue weighted by atomic mass is 16.4. The van der Waals surface area contributed by atoms with E-state index in [9.17, 15) is 4.79 Å². The molecule has 1 fully saturated rings. The van der Waals surface area contributed by atoms with Crippen molar-refractivity contribution in [3.63, 3.8) is 0 Å². The van der Waals surface area contributed by atoms with Crippen LogP contribution in [0.1, 0.15) is 42.6 Å². The molecule has 1 aliphatic carbocycles. The van der Waals surface area contributed by atoms with Crippen LogP contribution in [-0.2, 0) is 6.54 Å². The second-order valence-corrected chi connectivity index (χ2v) is 5.31. The molecule has 1 aromatic carbocycles. The fraction of sp³-hybridized carbons (Fsp3) is 0.500. The number of rotatable bonds is 5. The van der Waals surface area contributed by atoms with Crippen LogP contribution < -0.4 is 5.32 Å². The Bertz CT molecular complexity index is 422. The molecule has 0 aromatic heterocycles. The molecular weight excluding hydrogens is 214 g/mol. The van der Waals surface area contributed by atoms with Gasteiger partial charge in [0.1, 0.15) is 0 Å². The van der Waals surface area contributed by atoms with Crippen LogP contribution >= 0.6 is 0 Å². The molecular formula is C14H19NO2. The molecule has 1 saturated carbocycles. The highest BCUT2D eigenvalue weighted by Gasteiger charge is 2.37. The summed E-state index contributed by atoms with van der Waals surface area (Å²) in [5, 5.41) is 12.6. The molecule has 92 valence electrons. The Morgan fingerprint density at radius 3 is 2.65 bits per heavy atom. The summed E-state index contributed by atoms with van der Waals surface area (Å²) in [5.74, 6) is -0.119. The van der Waals surface area contributed by atoms with E-state index in [4.69, 9.17) is 5.11 Å². The quantitative estimate of drug-likeness (QED) is 0.822. The number of benzene rings is 1. The minimum absolute atomic E-state index is 0.103. The van der Waals surface area contributed by atoms with Crippen molar-refractivity contribution in [1.82, 2.24) is 5.32 Å². The smallest absolute Gasteiger partial charge is 0.336 e. The van der Waals surface area contributed by atoms with Gasteiger partial charge < -0.3 is 10.4 Å². The lowest BCUT2D eigenvalue weighted by Gasteiger charge is -2.26. The maximum atomic E-state index is 11.1. The van der Waals surface area contributed by atoms with Crippen molar-refractivity contribution in [1.29, 1.82) is 0 Å². The second kappa shape index (κ2) is 4.49. The fourth-order valence-corrected chi connectivity index (χ4v) is 2.16. The lowest BCUT2D eigenvalue weighted by molar-refractivity contribution is 0.0695. The van der Waals surface area contributed by atoms with Gasteiger partial charge in [-0.1, -0.05) is 18.2 Å². The number of aromatic carboxylic acids is 1. The van der Waals surface area contributed by atoms with E-state index in [1.807, 2.05) is 12.1 Å². The van der Waals surface area contributed by atoms with Crippen LogP contribution in [0.4, 0.5) is 0 Å². The van der Waals surface area contributed by atoms with Gasteiger partial charge >= 0.3 is 5.97 Å². The van der Waals surface area contributed by atoms with Crippen LogP contribution in [-0.4, -0.2) is 16.6 Å². The van der Waals surface area contributed by atoms with E-state index in [2.05, 4.69) is 19.2 Å². The summed E-state index contributed by atoms with van der Waals surface area (Å²) in [6.45, 7) is 4.99. The van der Waals surface area contributed by atoms with Gasteiger partial charge in [0.2, 0.25) is 0 Å². The fourth-order valence-electron chi connectivity index (χ4n) is 2.16. The highest BCUT2D eigenvalue weighted by molar-refractivity contribution is 5.89. The van der Waals surface area contributed by atoms with Crippen LogP contribution in [0.3, 0.4) is 0 Å². The third-order valence-corrected chi connectivity index (χ3v) is 3.58. The number of hydrogen-bond acceptors (Lipinski definition) is 2. The van der Waals surface area contributed by atoms with Crippen molar-refractivity contribution in [2.45, 2.75) is 38.8 Å². The number of nitrogens with one attached hydrogen (secondary N) is 1. The van der Waals surface area contributed by atoms with E-state index in [0.717, 1.165) is 11.5 Å². The average Bonchev–Trinajstić information content (AvgIpc) is 3.11. The van der Waals surface area contributed by atoms with Crippen molar-refractivity contribution in [3.8, 4) is 0 Å². The van der Waals surface area contributed by atoms with Crippen LogP contribution in [0.2, 0.25) is 0 Å². The summed E-state index contributed by atoms with van der Waals surface area (Å²) >= 11 is 0. The van der Waals surface area contributed by atoms with E-state index < -0.39 is 5.97 Å². The molecule has 1 aliphatic rings. The summed E-state index contributed by atoms with van der Waals surface area (Å²) in [6.07, 6.45) is 2.56. The Kier molecular flexibility index (Phi) is 3.20. The van der Waals surface area contributed by atoms with E-state index in [1.165, 1.54) is 12.8 Å². The van der Waals surface area contributed by atoms with Crippen LogP contribution in [0.25, 0.3) is 0 Å². The maximum Gasteiger partial charge on any atom is 0.336 e. The summed E-state index contributed by atoms with van der Waals surface area (Å²) in [7, 11) is 0. The van der Waals surface area contributed by atoms with Gasteiger partial charge in [-0.05, 0) is 44.2 Å². The van der Waals surface area contributed by atoms with Crippen molar-refractivity contribution >= 4 is 5.97 Å². The minimum Gasteiger partial charge on any atom is -0.478 e. The third-order valence-electron chi connectivity index (χ3n) is 3.58. The normalized spacial score (nSPS) is 15.9. The SMILES string of the molecule is CC(C)(NCc1ccccc1C(=O)O)C1CC1. The van der Waals surface area contributed by atoms with Crippen molar-refractivity contribution < 1.29 is 9.90 Å². The Morgan fingerprint density at radius 2 is 2.06 bits per heavy atom. The minimum atomic E-state index is -0.855. The van der Waals surface area contributed by atoms with Crippen LogP contribution in [0.15, 0.2) is 24.3 Å². The molecule has 0 atom stereocenters. The summed E-state index contributed by atoms with van der Waals surface area (Å²) in [4.78, 5) is 11.1. The van der Waals surface area contributed by atoms with Gasteiger partial charge in [0.05, 0.1) is 5.56 Å². The van der Waals surface area contributed by atoms with Crippen molar-refractivity contribution in [3.05, 3.63) is 35.4 Å². The first-order valence-corrected chi connectivity index (χ1v) is 6.07. The van der Waals surface area contributed by atoms with Gasteiger partial charge in [-0.2, -0.15) is 0 Å². The van der Waals surface area contributed by atoms with E-state index in [0.29, 0.717) is 12.1 Å². The monoisotopic (exact) mass is 233 g/mol. The molecule has 2 rings (SSSR count). The molecule has 2 N–H and O–H groups in total. The first-order valence-electron chi connectivity index (χ1n) is 6.07. The molecule has 3 heteroatoms. The van der Waals surface area contributed by atoms with E-state index in [-0.39, 0.29) is 5.54 Å². The van der Waals surface area contributed by atoms with Crippen molar-refractivity contribution in [2.75, 3.05) is 0 Å². The first kappa shape index (κ1) is 12.1. The predicted octanol–water partition coefficient (Wildman–Crippen LogP) is 2.66. The van der Waals surface area contributed by atoms with Gasteiger partial charge in [0.15, 0.2) is 0 Å². The lowest BCUT2D eigenvalue weighted by Crippen LogP contribution is -2.41. The standard InChI is InChI=1S/C14H19NO2/c1-14(2,11-7-8-11)15-9-10-5-3-4-6-12(10)13(16)17/h3-6,11,15H,7-9H2,1-2H3,(H,16,17). The van der Waals surface area contributed by atoms with Gasteiger partial charge in [0.25, 0.3) is 0 Å². The number of carbonyl (C=O) groups is 1. The zero-order valence-electron chi connectivity index (χ0n) is 10.4. The topological polar surface area (TPSA) is 49.3 Å². The summed E-state index contributed by atoms with van der Waals surface area (Å²) in [5.41, 5.74) is 1.35.